The van der Waals surface area contributed by atoms with Crippen LogP contribution in [0.15, 0.2) is 48.8 Å². The number of rotatable bonds is 1. The molecule has 0 aliphatic carbocycles. The van der Waals surface area contributed by atoms with Crippen LogP contribution >= 0.6 is 0 Å². The van der Waals surface area contributed by atoms with E-state index in [9.17, 15) is 0 Å². The fourth-order valence-electron chi connectivity index (χ4n) is 2.35. The molecule has 3 rings (SSSR count). The fraction of sp³-hybridized carbons (Fsp3) is 0.125. The number of hydrogen-bond donors (Lipinski definition) is 0. The van der Waals surface area contributed by atoms with Crippen LogP contribution in [0.3, 0.4) is 0 Å². The molecule has 2 heteroatoms. The minimum absolute atomic E-state index is 0.988. The van der Waals surface area contributed by atoms with Crippen molar-refractivity contribution in [1.29, 1.82) is 0 Å². The first-order valence-corrected chi connectivity index (χ1v) is 6.02. The Balaban J connectivity index is 2.31. The van der Waals surface area contributed by atoms with Crippen LogP contribution in [-0.4, -0.2) is 9.97 Å². The first kappa shape index (κ1) is 10.9. The van der Waals surface area contributed by atoms with Crippen molar-refractivity contribution in [3.8, 4) is 11.3 Å². The molecule has 18 heavy (non-hydrogen) atoms. The number of nitrogens with zero attached hydrogens (tertiary/aromatic N) is 2. The zero-order valence-electron chi connectivity index (χ0n) is 10.5. The molecule has 0 amide bonds. The van der Waals surface area contributed by atoms with E-state index < -0.39 is 0 Å². The van der Waals surface area contributed by atoms with Gasteiger partial charge in [-0.25, -0.2) is 9.97 Å². The third kappa shape index (κ3) is 1.86. The van der Waals surface area contributed by atoms with Gasteiger partial charge in [-0.05, 0) is 32.0 Å². The molecule has 0 aliphatic heterocycles. The molecule has 3 aromatic rings. The van der Waals surface area contributed by atoms with Gasteiger partial charge in [-0.2, -0.15) is 0 Å². The van der Waals surface area contributed by atoms with Crippen LogP contribution in [0.25, 0.3) is 22.2 Å². The molecule has 0 N–H and O–H groups in total. The first-order valence-electron chi connectivity index (χ1n) is 6.02. The molecule has 88 valence electrons. The van der Waals surface area contributed by atoms with Crippen LogP contribution in [-0.2, 0) is 0 Å². The monoisotopic (exact) mass is 234 g/mol. The molecule has 0 saturated carbocycles. The molecule has 0 unspecified atom stereocenters. The van der Waals surface area contributed by atoms with Gasteiger partial charge < -0.3 is 0 Å². The highest BCUT2D eigenvalue weighted by atomic mass is 14.8. The number of fused-ring (bicyclic) bond motifs is 1. The predicted molar refractivity (Wildman–Crippen MR) is 74.4 cm³/mol. The van der Waals surface area contributed by atoms with Gasteiger partial charge in [0.25, 0.3) is 0 Å². The quantitative estimate of drug-likeness (QED) is 0.638. The van der Waals surface area contributed by atoms with E-state index in [1.165, 1.54) is 11.1 Å². The minimum atomic E-state index is 0.988. The maximum absolute atomic E-state index is 4.45. The summed E-state index contributed by atoms with van der Waals surface area (Å²) in [7, 11) is 0. The Hall–Kier alpha value is -2.22. The van der Waals surface area contributed by atoms with Crippen molar-refractivity contribution >= 4 is 10.9 Å². The minimum Gasteiger partial charge on any atom is -0.236 e. The number of aromatic nitrogens is 2. The van der Waals surface area contributed by atoms with Crippen molar-refractivity contribution in [2.24, 2.45) is 0 Å². The SMILES string of the molecule is Cc1cc(C)cc(-c2ncnc3ccccc23)c1. The second-order valence-corrected chi connectivity index (χ2v) is 4.62. The lowest BCUT2D eigenvalue weighted by Gasteiger charge is -2.07. The highest BCUT2D eigenvalue weighted by Crippen LogP contribution is 2.26. The summed E-state index contributed by atoms with van der Waals surface area (Å²) >= 11 is 0. The van der Waals surface area contributed by atoms with Gasteiger partial charge in [0.1, 0.15) is 6.33 Å². The second-order valence-electron chi connectivity index (χ2n) is 4.62. The van der Waals surface area contributed by atoms with Crippen LogP contribution < -0.4 is 0 Å². The third-order valence-corrected chi connectivity index (χ3v) is 3.04. The lowest BCUT2D eigenvalue weighted by Crippen LogP contribution is -1.90. The number of hydrogen-bond acceptors (Lipinski definition) is 2. The average Bonchev–Trinajstić information content (AvgIpc) is 2.37. The largest absolute Gasteiger partial charge is 0.236 e. The molecule has 0 bridgehead atoms. The predicted octanol–water partition coefficient (Wildman–Crippen LogP) is 3.91. The van der Waals surface area contributed by atoms with Crippen LogP contribution in [0.4, 0.5) is 0 Å². The summed E-state index contributed by atoms with van der Waals surface area (Å²) in [6.07, 6.45) is 1.63. The second kappa shape index (κ2) is 4.22. The van der Waals surface area contributed by atoms with Crippen molar-refractivity contribution in [2.75, 3.05) is 0 Å². The van der Waals surface area contributed by atoms with Gasteiger partial charge in [-0.1, -0.05) is 35.4 Å². The van der Waals surface area contributed by atoms with E-state index >= 15 is 0 Å². The fourth-order valence-corrected chi connectivity index (χ4v) is 2.35. The standard InChI is InChI=1S/C16H14N2/c1-11-7-12(2)9-13(8-11)16-14-5-3-4-6-15(14)17-10-18-16/h3-10H,1-2H3. The molecule has 2 nitrogen and oxygen atoms in total. The topological polar surface area (TPSA) is 25.8 Å². The third-order valence-electron chi connectivity index (χ3n) is 3.04. The molecule has 1 aromatic heterocycles. The van der Waals surface area contributed by atoms with Crippen molar-refractivity contribution in [3.05, 3.63) is 59.9 Å². The van der Waals surface area contributed by atoms with Gasteiger partial charge in [0, 0.05) is 10.9 Å². The lowest BCUT2D eigenvalue weighted by molar-refractivity contribution is 1.22. The van der Waals surface area contributed by atoms with Gasteiger partial charge in [-0.3, -0.25) is 0 Å². The number of para-hydroxylation sites is 1. The van der Waals surface area contributed by atoms with Crippen molar-refractivity contribution in [1.82, 2.24) is 9.97 Å². The molecule has 0 aliphatic rings. The smallest absolute Gasteiger partial charge is 0.116 e. The zero-order valence-corrected chi connectivity index (χ0v) is 10.5. The van der Waals surface area contributed by atoms with E-state index in [1.54, 1.807) is 6.33 Å². The molecule has 1 heterocycles. The molecule has 0 saturated heterocycles. The summed E-state index contributed by atoms with van der Waals surface area (Å²) in [5.74, 6) is 0. The highest BCUT2D eigenvalue weighted by Gasteiger charge is 2.06. The van der Waals surface area contributed by atoms with E-state index in [4.69, 9.17) is 0 Å². The Morgan fingerprint density at radius 1 is 0.833 bits per heavy atom. The number of benzene rings is 2. The normalized spacial score (nSPS) is 10.8. The Labute approximate surface area is 106 Å². The van der Waals surface area contributed by atoms with E-state index in [1.807, 2.05) is 18.2 Å². The average molecular weight is 234 g/mol. The zero-order chi connectivity index (χ0) is 12.5. The van der Waals surface area contributed by atoms with Gasteiger partial charge in [0.15, 0.2) is 0 Å². The summed E-state index contributed by atoms with van der Waals surface area (Å²) < 4.78 is 0. The molecule has 2 aromatic carbocycles. The van der Waals surface area contributed by atoms with Crippen LogP contribution in [0, 0.1) is 13.8 Å². The Morgan fingerprint density at radius 3 is 2.33 bits per heavy atom. The van der Waals surface area contributed by atoms with Gasteiger partial charge >= 0.3 is 0 Å². The van der Waals surface area contributed by atoms with E-state index in [0.29, 0.717) is 0 Å². The Morgan fingerprint density at radius 2 is 1.56 bits per heavy atom. The van der Waals surface area contributed by atoms with E-state index in [0.717, 1.165) is 22.2 Å². The molecular weight excluding hydrogens is 220 g/mol. The molecule has 0 radical (unpaired) electrons. The summed E-state index contributed by atoms with van der Waals surface area (Å²) in [4.78, 5) is 8.75. The van der Waals surface area contributed by atoms with Crippen molar-refractivity contribution < 1.29 is 0 Å². The maximum Gasteiger partial charge on any atom is 0.116 e. The van der Waals surface area contributed by atoms with Crippen molar-refractivity contribution in [2.45, 2.75) is 13.8 Å². The van der Waals surface area contributed by atoms with Crippen LogP contribution in [0.1, 0.15) is 11.1 Å². The van der Waals surface area contributed by atoms with Gasteiger partial charge in [-0.15, -0.1) is 0 Å². The van der Waals surface area contributed by atoms with Gasteiger partial charge in [0.2, 0.25) is 0 Å². The Bertz CT molecular complexity index is 692. The summed E-state index contributed by atoms with van der Waals surface area (Å²) in [5, 5.41) is 1.10. The summed E-state index contributed by atoms with van der Waals surface area (Å²) in [6, 6.07) is 14.6. The van der Waals surface area contributed by atoms with Gasteiger partial charge in [0.05, 0.1) is 11.2 Å². The highest BCUT2D eigenvalue weighted by molar-refractivity contribution is 5.92. The van der Waals surface area contributed by atoms with Crippen LogP contribution in [0.5, 0.6) is 0 Å². The molecule has 0 fully saturated rings. The first-order chi connectivity index (χ1) is 8.74. The molecule has 0 atom stereocenters. The lowest BCUT2D eigenvalue weighted by atomic mass is 10.0. The molecule has 0 spiro atoms. The van der Waals surface area contributed by atoms with Crippen LogP contribution in [0.2, 0.25) is 0 Å². The Kier molecular flexibility index (Phi) is 2.56. The summed E-state index contributed by atoms with van der Waals surface area (Å²) in [6.45, 7) is 4.22. The number of aryl methyl sites for hydroxylation is 2. The van der Waals surface area contributed by atoms with E-state index in [2.05, 4.69) is 48.1 Å². The van der Waals surface area contributed by atoms with E-state index in [-0.39, 0.29) is 0 Å². The van der Waals surface area contributed by atoms with Crippen molar-refractivity contribution in [3.63, 3.8) is 0 Å². The maximum atomic E-state index is 4.45. The molecular formula is C16H14N2. The summed E-state index contributed by atoms with van der Waals surface area (Å²) in [5.41, 5.74) is 5.67.